The van der Waals surface area contributed by atoms with Crippen LogP contribution in [0.5, 0.6) is 0 Å². The minimum atomic E-state index is 0.334. The molecule has 6 heteroatoms. The summed E-state index contributed by atoms with van der Waals surface area (Å²) in [4.78, 5) is 1.43. The highest BCUT2D eigenvalue weighted by Crippen LogP contribution is 1.99. The average Bonchev–Trinajstić information content (AvgIpc) is 2.37. The summed E-state index contributed by atoms with van der Waals surface area (Å²) >= 11 is 0. The Hall–Kier alpha value is -1.20. The summed E-state index contributed by atoms with van der Waals surface area (Å²) in [6.45, 7) is 8.29. The fourth-order valence-electron chi connectivity index (χ4n) is 1.23. The minimum absolute atomic E-state index is 0.334. The maximum atomic E-state index is 3.73. The molecule has 0 N–H and O–H groups in total. The molecule has 0 unspecified atom stereocenters. The van der Waals surface area contributed by atoms with Gasteiger partial charge in [0.25, 0.3) is 0 Å². The van der Waals surface area contributed by atoms with E-state index in [9.17, 15) is 0 Å². The molecule has 68 valence electrons. The van der Waals surface area contributed by atoms with Gasteiger partial charge in [-0.1, -0.05) is 0 Å². The molecule has 1 heterocycles. The van der Waals surface area contributed by atoms with Crippen molar-refractivity contribution < 1.29 is 0 Å². The first-order chi connectivity index (χ1) is 5.63. The Morgan fingerprint density at radius 3 is 1.67 bits per heavy atom. The van der Waals surface area contributed by atoms with Crippen molar-refractivity contribution in [2.24, 2.45) is 0 Å². The van der Waals surface area contributed by atoms with Crippen LogP contribution in [0.1, 0.15) is 27.7 Å². The third-order valence-electron chi connectivity index (χ3n) is 1.54. The van der Waals surface area contributed by atoms with Crippen LogP contribution in [0.4, 0.5) is 0 Å². The Morgan fingerprint density at radius 2 is 1.33 bits per heavy atom. The van der Waals surface area contributed by atoms with Crippen molar-refractivity contribution >= 4 is 0 Å². The van der Waals surface area contributed by atoms with Crippen LogP contribution in [0.3, 0.4) is 0 Å². The van der Waals surface area contributed by atoms with Crippen molar-refractivity contribution in [3.63, 3.8) is 0 Å². The summed E-state index contributed by atoms with van der Waals surface area (Å²) in [5, 5.41) is 16.3. The lowest BCUT2D eigenvalue weighted by molar-refractivity contribution is 0.379. The second-order valence-corrected chi connectivity index (χ2v) is 3.19. The molecule has 12 heavy (non-hydrogen) atoms. The third kappa shape index (κ3) is 1.69. The van der Waals surface area contributed by atoms with Crippen molar-refractivity contribution in [3.8, 4) is 0 Å². The molecule has 1 aromatic rings. The number of hydrogen-bond donors (Lipinski definition) is 0. The summed E-state index contributed by atoms with van der Waals surface area (Å²) in [5.74, 6) is 0. The molecule has 0 saturated carbocycles. The van der Waals surface area contributed by atoms with Gasteiger partial charge in [0.2, 0.25) is 0 Å². The Balaban J connectivity index is 2.81. The molecule has 0 atom stereocenters. The van der Waals surface area contributed by atoms with Crippen LogP contribution in [0.25, 0.3) is 0 Å². The highest BCUT2D eigenvalue weighted by Gasteiger charge is 2.15. The lowest BCUT2D eigenvalue weighted by Gasteiger charge is -2.29. The van der Waals surface area contributed by atoms with Gasteiger partial charge in [-0.15, -0.1) is 0 Å². The Morgan fingerprint density at radius 1 is 0.917 bits per heavy atom. The van der Waals surface area contributed by atoms with Crippen molar-refractivity contribution in [1.29, 1.82) is 0 Å². The zero-order chi connectivity index (χ0) is 9.14. The van der Waals surface area contributed by atoms with Gasteiger partial charge in [0.05, 0.1) is 0 Å². The number of aromatic nitrogens is 5. The van der Waals surface area contributed by atoms with Gasteiger partial charge in [-0.25, -0.2) is 0 Å². The largest absolute Gasteiger partial charge is 0.272 e. The maximum absolute atomic E-state index is 3.73. The zero-order valence-electron chi connectivity index (χ0n) is 7.84. The van der Waals surface area contributed by atoms with Gasteiger partial charge in [-0.2, -0.15) is 0 Å². The smallest absolute Gasteiger partial charge is 0.0434 e. The van der Waals surface area contributed by atoms with Crippen molar-refractivity contribution in [2.75, 3.05) is 5.01 Å². The number of nitrogens with zero attached hydrogens (tertiary/aromatic N) is 6. The monoisotopic (exact) mass is 170 g/mol. The standard InChI is InChI=1S/C6H14N6/c1-5(2)11(6(3)4)12-9-7-8-10-12/h5-6H,1-4H3. The van der Waals surface area contributed by atoms with Crippen molar-refractivity contribution in [3.05, 3.63) is 0 Å². The summed E-state index contributed by atoms with van der Waals surface area (Å²) < 4.78 is 0. The van der Waals surface area contributed by atoms with E-state index in [1.807, 2.05) is 5.01 Å². The first kappa shape index (κ1) is 8.89. The van der Waals surface area contributed by atoms with E-state index < -0.39 is 0 Å². The predicted molar refractivity (Wildman–Crippen MR) is 44.1 cm³/mol. The Bertz CT molecular complexity index is 208. The second kappa shape index (κ2) is 3.46. The van der Waals surface area contributed by atoms with Gasteiger partial charge in [-0.05, 0) is 53.5 Å². The molecule has 6 nitrogen and oxygen atoms in total. The van der Waals surface area contributed by atoms with Crippen LogP contribution in [-0.2, 0) is 0 Å². The SMILES string of the molecule is CC(C)N(C(C)C)n1nnnn1. The quantitative estimate of drug-likeness (QED) is 0.630. The van der Waals surface area contributed by atoms with E-state index >= 15 is 0 Å². The molecule has 0 aromatic carbocycles. The zero-order valence-corrected chi connectivity index (χ0v) is 7.84. The molecule has 0 bridgehead atoms. The third-order valence-corrected chi connectivity index (χ3v) is 1.54. The van der Waals surface area contributed by atoms with Crippen LogP contribution < -0.4 is 5.01 Å². The molecule has 0 aliphatic rings. The van der Waals surface area contributed by atoms with E-state index in [4.69, 9.17) is 0 Å². The molecular weight excluding hydrogens is 156 g/mol. The van der Waals surface area contributed by atoms with Gasteiger partial charge in [-0.3, -0.25) is 5.01 Å². The summed E-state index contributed by atoms with van der Waals surface area (Å²) in [6.07, 6.45) is 0. The van der Waals surface area contributed by atoms with Crippen LogP contribution in [0.2, 0.25) is 0 Å². The molecule has 0 spiro atoms. The van der Waals surface area contributed by atoms with E-state index in [2.05, 4.69) is 48.5 Å². The van der Waals surface area contributed by atoms with Crippen LogP contribution in [0.15, 0.2) is 0 Å². The molecule has 0 amide bonds. The first-order valence-corrected chi connectivity index (χ1v) is 4.03. The van der Waals surface area contributed by atoms with Crippen LogP contribution in [0, 0.1) is 0 Å². The molecule has 0 radical (unpaired) electrons. The van der Waals surface area contributed by atoms with Gasteiger partial charge in [0, 0.05) is 12.1 Å². The lowest BCUT2D eigenvalue weighted by atomic mass is 10.3. The Kier molecular flexibility index (Phi) is 2.57. The molecule has 0 aliphatic heterocycles. The minimum Gasteiger partial charge on any atom is -0.272 e. The van der Waals surface area contributed by atoms with E-state index in [1.165, 1.54) is 4.91 Å². The average molecular weight is 170 g/mol. The second-order valence-electron chi connectivity index (χ2n) is 3.19. The van der Waals surface area contributed by atoms with Gasteiger partial charge >= 0.3 is 0 Å². The van der Waals surface area contributed by atoms with Gasteiger partial charge in [0.15, 0.2) is 0 Å². The van der Waals surface area contributed by atoms with Gasteiger partial charge < -0.3 is 0 Å². The topological polar surface area (TPSA) is 59.7 Å². The fourth-order valence-corrected chi connectivity index (χ4v) is 1.23. The van der Waals surface area contributed by atoms with E-state index in [1.54, 1.807) is 0 Å². The van der Waals surface area contributed by atoms with Crippen molar-refractivity contribution in [1.82, 2.24) is 25.8 Å². The van der Waals surface area contributed by atoms with Crippen LogP contribution in [-0.4, -0.2) is 37.8 Å². The highest BCUT2D eigenvalue weighted by molar-refractivity contribution is 4.87. The van der Waals surface area contributed by atoms with E-state index in [0.717, 1.165) is 0 Å². The fraction of sp³-hybridized carbons (Fsp3) is 1.00. The predicted octanol–water partition coefficient (Wildman–Crippen LogP) is -0.177. The van der Waals surface area contributed by atoms with Crippen LogP contribution >= 0.6 is 0 Å². The number of rotatable bonds is 3. The first-order valence-electron chi connectivity index (χ1n) is 4.03. The number of hydrogen-bond acceptors (Lipinski definition) is 5. The van der Waals surface area contributed by atoms with Crippen molar-refractivity contribution in [2.45, 2.75) is 39.8 Å². The molecule has 0 saturated heterocycles. The lowest BCUT2D eigenvalue weighted by Crippen LogP contribution is -2.47. The highest BCUT2D eigenvalue weighted by atomic mass is 15.9. The molecule has 1 aromatic heterocycles. The van der Waals surface area contributed by atoms with E-state index in [-0.39, 0.29) is 0 Å². The molecule has 0 fully saturated rings. The molecular formula is C6H14N6. The Labute approximate surface area is 71.5 Å². The summed E-state index contributed by atoms with van der Waals surface area (Å²) in [6, 6.07) is 0.669. The summed E-state index contributed by atoms with van der Waals surface area (Å²) in [5.41, 5.74) is 0. The molecule has 0 aliphatic carbocycles. The van der Waals surface area contributed by atoms with E-state index in [0.29, 0.717) is 12.1 Å². The summed E-state index contributed by atoms with van der Waals surface area (Å²) in [7, 11) is 0. The molecule has 1 rings (SSSR count). The normalized spacial score (nSPS) is 11.2. The maximum Gasteiger partial charge on any atom is 0.0434 e. The van der Waals surface area contributed by atoms with Gasteiger partial charge in [0.1, 0.15) is 0 Å².